The summed E-state index contributed by atoms with van der Waals surface area (Å²) in [6, 6.07) is 67.4. The summed E-state index contributed by atoms with van der Waals surface area (Å²) in [4.78, 5) is 15.4. The van der Waals surface area contributed by atoms with Gasteiger partial charge in [0.25, 0.3) is 0 Å². The summed E-state index contributed by atoms with van der Waals surface area (Å²) in [5, 5.41) is 4.54. The first kappa shape index (κ1) is 31.9. The fourth-order valence-electron chi connectivity index (χ4n) is 8.03. The molecule has 0 aliphatic rings. The molecule has 0 spiro atoms. The fourth-order valence-corrected chi connectivity index (χ4v) is 8.03. The van der Waals surface area contributed by atoms with E-state index in [2.05, 4.69) is 162 Å². The zero-order valence-corrected chi connectivity index (χ0v) is 30.2. The van der Waals surface area contributed by atoms with Crippen LogP contribution < -0.4 is 0 Å². The Morgan fingerprint density at radius 1 is 0.339 bits per heavy atom. The summed E-state index contributed by atoms with van der Waals surface area (Å²) in [6.45, 7) is 0. The van der Waals surface area contributed by atoms with Crippen LogP contribution in [0, 0.1) is 0 Å². The molecule has 11 aromatic rings. The van der Waals surface area contributed by atoms with Crippen LogP contribution in [-0.2, 0) is 0 Å². The zero-order valence-electron chi connectivity index (χ0n) is 30.2. The molecule has 56 heavy (non-hydrogen) atoms. The lowest BCUT2D eigenvalue weighted by Crippen LogP contribution is -2.02. The van der Waals surface area contributed by atoms with E-state index in [4.69, 9.17) is 19.4 Å². The number of aromatic nitrogens is 4. The van der Waals surface area contributed by atoms with E-state index in [0.717, 1.165) is 77.6 Å². The molecular formula is C51H32N4O. The first-order chi connectivity index (χ1) is 27.8. The van der Waals surface area contributed by atoms with Crippen LogP contribution in [0.25, 0.3) is 106 Å². The van der Waals surface area contributed by atoms with Gasteiger partial charge in [-0.3, -0.25) is 0 Å². The molecule has 0 bridgehead atoms. The molecule has 5 heteroatoms. The minimum absolute atomic E-state index is 0.574. The van der Waals surface area contributed by atoms with E-state index in [1.807, 2.05) is 36.4 Å². The summed E-state index contributed by atoms with van der Waals surface area (Å²) in [6.07, 6.45) is 0. The van der Waals surface area contributed by atoms with Crippen molar-refractivity contribution in [2.75, 3.05) is 0 Å². The van der Waals surface area contributed by atoms with Crippen molar-refractivity contribution in [1.29, 1.82) is 0 Å². The number of furan rings is 1. The van der Waals surface area contributed by atoms with Crippen molar-refractivity contribution < 1.29 is 4.42 Å². The topological polar surface area (TPSA) is 56.7 Å². The summed E-state index contributed by atoms with van der Waals surface area (Å²) >= 11 is 0. The number of hydrogen-bond acceptors (Lipinski definition) is 4. The molecule has 262 valence electrons. The Balaban J connectivity index is 1.12. The van der Waals surface area contributed by atoms with Gasteiger partial charge in [-0.1, -0.05) is 164 Å². The minimum Gasteiger partial charge on any atom is -0.455 e. The second-order valence-corrected chi connectivity index (χ2v) is 14.0. The Kier molecular flexibility index (Phi) is 7.42. The Morgan fingerprint density at radius 2 is 0.839 bits per heavy atom. The number of nitrogens with zero attached hydrogens (tertiary/aromatic N) is 4. The first-order valence-electron chi connectivity index (χ1n) is 18.8. The Morgan fingerprint density at radius 3 is 1.48 bits per heavy atom. The van der Waals surface area contributed by atoms with E-state index in [1.54, 1.807) is 0 Å². The van der Waals surface area contributed by atoms with Gasteiger partial charge in [0.1, 0.15) is 11.2 Å². The van der Waals surface area contributed by atoms with E-state index in [1.165, 1.54) is 10.8 Å². The summed E-state index contributed by atoms with van der Waals surface area (Å²) in [7, 11) is 0. The molecule has 0 aliphatic heterocycles. The lowest BCUT2D eigenvalue weighted by Gasteiger charge is -2.16. The number of fused-ring (bicyclic) bond motifs is 6. The quantitative estimate of drug-likeness (QED) is 0.172. The fraction of sp³-hybridized carbons (Fsp3) is 0. The van der Waals surface area contributed by atoms with Gasteiger partial charge in [-0.15, -0.1) is 0 Å². The van der Waals surface area contributed by atoms with Crippen LogP contribution >= 0.6 is 0 Å². The van der Waals surface area contributed by atoms with Crippen LogP contribution in [0.4, 0.5) is 0 Å². The van der Waals surface area contributed by atoms with E-state index < -0.39 is 0 Å². The number of para-hydroxylation sites is 3. The largest absolute Gasteiger partial charge is 0.455 e. The van der Waals surface area contributed by atoms with Gasteiger partial charge in [0.05, 0.1) is 16.7 Å². The second-order valence-electron chi connectivity index (χ2n) is 14.0. The van der Waals surface area contributed by atoms with E-state index in [0.29, 0.717) is 17.5 Å². The van der Waals surface area contributed by atoms with Gasteiger partial charge in [0, 0.05) is 49.4 Å². The molecule has 0 saturated heterocycles. The van der Waals surface area contributed by atoms with Crippen molar-refractivity contribution in [1.82, 2.24) is 19.5 Å². The average molecular weight is 717 g/mol. The van der Waals surface area contributed by atoms with Crippen LogP contribution in [0.5, 0.6) is 0 Å². The van der Waals surface area contributed by atoms with Gasteiger partial charge in [0.2, 0.25) is 0 Å². The maximum Gasteiger partial charge on any atom is 0.164 e. The van der Waals surface area contributed by atoms with Crippen LogP contribution in [0.2, 0.25) is 0 Å². The highest BCUT2D eigenvalue weighted by Gasteiger charge is 2.20. The maximum absolute atomic E-state index is 6.64. The van der Waals surface area contributed by atoms with Crippen LogP contribution in [0.1, 0.15) is 0 Å². The third-order valence-corrected chi connectivity index (χ3v) is 10.7. The summed E-state index contributed by atoms with van der Waals surface area (Å²) < 4.78 is 9.01. The first-order valence-corrected chi connectivity index (χ1v) is 18.8. The molecule has 0 unspecified atom stereocenters. The lowest BCUT2D eigenvalue weighted by molar-refractivity contribution is 0.670. The van der Waals surface area contributed by atoms with Gasteiger partial charge in [-0.05, 0) is 41.5 Å². The number of benzene rings is 8. The molecular weight excluding hydrogens is 685 g/mol. The molecule has 0 saturated carbocycles. The van der Waals surface area contributed by atoms with Gasteiger partial charge in [-0.25, -0.2) is 15.0 Å². The summed E-state index contributed by atoms with van der Waals surface area (Å²) in [5.74, 6) is 1.77. The standard InChI is InChI=1S/C51H32N4O/c1-4-15-33(16-5-1)38-29-27-36(31-46(38)55-44-25-12-10-21-40(44)41-22-11-13-26-45(41)55)50-52-49(35-19-8-3-9-20-35)53-51(54-50)37-28-30-42-43-24-14-23-39(34-17-6-2-7-18-34)48(43)56-47(42)32-37/h1-32H. The highest BCUT2D eigenvalue weighted by Crippen LogP contribution is 2.40. The molecule has 5 nitrogen and oxygen atoms in total. The number of rotatable bonds is 6. The highest BCUT2D eigenvalue weighted by atomic mass is 16.3. The minimum atomic E-state index is 0.574. The SMILES string of the molecule is c1ccc(-c2nc(-c3ccc(-c4ccccc4)c(-n4c5ccccc5c5ccccc54)c3)nc(-c3ccc4c(c3)oc3c(-c5ccccc5)cccc34)n2)cc1. The molecule has 0 atom stereocenters. The normalized spacial score (nSPS) is 11.6. The molecule has 11 rings (SSSR count). The Bertz CT molecular complexity index is 3190. The van der Waals surface area contributed by atoms with Crippen LogP contribution in [0.15, 0.2) is 199 Å². The third kappa shape index (κ3) is 5.29. The third-order valence-electron chi connectivity index (χ3n) is 10.7. The number of hydrogen-bond donors (Lipinski definition) is 0. The summed E-state index contributed by atoms with van der Waals surface area (Å²) in [5.41, 5.74) is 12.0. The molecule has 8 aromatic carbocycles. The molecule has 0 fully saturated rings. The van der Waals surface area contributed by atoms with Crippen LogP contribution in [-0.4, -0.2) is 19.5 Å². The zero-order chi connectivity index (χ0) is 37.0. The second kappa shape index (κ2) is 13.0. The maximum atomic E-state index is 6.64. The van der Waals surface area contributed by atoms with Crippen LogP contribution in [0.3, 0.4) is 0 Å². The molecule has 0 amide bonds. The van der Waals surface area contributed by atoms with Crippen molar-refractivity contribution in [3.63, 3.8) is 0 Å². The smallest absolute Gasteiger partial charge is 0.164 e. The predicted octanol–water partition coefficient (Wildman–Crippen LogP) is 13.2. The molecule has 0 radical (unpaired) electrons. The molecule has 3 heterocycles. The molecule has 0 aliphatic carbocycles. The monoisotopic (exact) mass is 716 g/mol. The van der Waals surface area contributed by atoms with E-state index in [-0.39, 0.29) is 0 Å². The van der Waals surface area contributed by atoms with Crippen molar-refractivity contribution >= 4 is 43.7 Å². The lowest BCUT2D eigenvalue weighted by atomic mass is 10.0. The molecule has 0 N–H and O–H groups in total. The van der Waals surface area contributed by atoms with E-state index >= 15 is 0 Å². The van der Waals surface area contributed by atoms with Crippen molar-refractivity contribution in [2.24, 2.45) is 0 Å². The molecule has 3 aromatic heterocycles. The Hall–Kier alpha value is -7.63. The van der Waals surface area contributed by atoms with Crippen molar-refractivity contribution in [3.8, 4) is 62.1 Å². The van der Waals surface area contributed by atoms with Gasteiger partial charge in [-0.2, -0.15) is 0 Å². The Labute approximate surface area is 322 Å². The van der Waals surface area contributed by atoms with Gasteiger partial charge in [0.15, 0.2) is 17.5 Å². The highest BCUT2D eigenvalue weighted by molar-refractivity contribution is 6.11. The predicted molar refractivity (Wildman–Crippen MR) is 229 cm³/mol. The van der Waals surface area contributed by atoms with Crippen molar-refractivity contribution in [2.45, 2.75) is 0 Å². The van der Waals surface area contributed by atoms with E-state index in [9.17, 15) is 0 Å². The van der Waals surface area contributed by atoms with Gasteiger partial charge < -0.3 is 8.98 Å². The van der Waals surface area contributed by atoms with Gasteiger partial charge >= 0.3 is 0 Å². The van der Waals surface area contributed by atoms with Crippen molar-refractivity contribution in [3.05, 3.63) is 194 Å². The average Bonchev–Trinajstić information content (AvgIpc) is 3.82.